The van der Waals surface area contributed by atoms with Gasteiger partial charge in [-0.25, -0.2) is 14.8 Å². The average Bonchev–Trinajstić information content (AvgIpc) is 2.41. The lowest BCUT2D eigenvalue weighted by molar-refractivity contribution is -0.385. The first-order chi connectivity index (χ1) is 9.90. The summed E-state index contributed by atoms with van der Waals surface area (Å²) in [4.78, 5) is 28.9. The molecule has 1 aromatic carbocycles. The van der Waals surface area contributed by atoms with Gasteiger partial charge in [-0.2, -0.15) is 0 Å². The second-order valence-electron chi connectivity index (χ2n) is 3.95. The van der Waals surface area contributed by atoms with E-state index in [9.17, 15) is 14.9 Å². The molecule has 0 saturated carbocycles. The van der Waals surface area contributed by atoms with Crippen molar-refractivity contribution in [3.8, 4) is 11.6 Å². The number of benzene rings is 1. The van der Waals surface area contributed by atoms with Crippen molar-refractivity contribution < 1.29 is 19.6 Å². The Morgan fingerprint density at radius 1 is 1.38 bits per heavy atom. The third-order valence-electron chi connectivity index (χ3n) is 2.48. The van der Waals surface area contributed by atoms with Crippen LogP contribution in [-0.4, -0.2) is 26.0 Å². The Hall–Kier alpha value is -2.55. The van der Waals surface area contributed by atoms with Gasteiger partial charge in [0.15, 0.2) is 0 Å². The van der Waals surface area contributed by atoms with Crippen LogP contribution in [0.25, 0.3) is 0 Å². The number of hydrogen-bond donors (Lipinski definition) is 1. The van der Waals surface area contributed by atoms with E-state index in [1.807, 2.05) is 0 Å². The lowest BCUT2D eigenvalue weighted by atomic mass is 10.2. The standard InChI is InChI=1S/C12H8BrN3O5/c1-6-4-7(13)5-8(16(19)20)10(6)21-11-9(12(17)18)14-2-3-15-11/h2-5H,1H3,(H,17,18). The van der Waals surface area contributed by atoms with Gasteiger partial charge in [0.25, 0.3) is 5.88 Å². The SMILES string of the molecule is Cc1cc(Br)cc([N+](=O)[O-])c1Oc1nccnc1C(=O)O. The molecule has 0 bridgehead atoms. The molecule has 0 spiro atoms. The molecule has 1 aromatic heterocycles. The highest BCUT2D eigenvalue weighted by molar-refractivity contribution is 9.10. The van der Waals surface area contributed by atoms with Crippen LogP contribution in [0.3, 0.4) is 0 Å². The van der Waals surface area contributed by atoms with Crippen molar-refractivity contribution in [1.29, 1.82) is 0 Å². The van der Waals surface area contributed by atoms with E-state index in [0.717, 1.165) is 0 Å². The molecule has 108 valence electrons. The zero-order chi connectivity index (χ0) is 15.6. The summed E-state index contributed by atoms with van der Waals surface area (Å²) >= 11 is 3.16. The molecule has 0 aliphatic rings. The number of aromatic nitrogens is 2. The van der Waals surface area contributed by atoms with Gasteiger partial charge in [0.2, 0.25) is 11.4 Å². The minimum Gasteiger partial charge on any atom is -0.476 e. The van der Waals surface area contributed by atoms with E-state index in [1.165, 1.54) is 18.5 Å². The molecule has 0 radical (unpaired) electrons. The molecule has 2 rings (SSSR count). The fraction of sp³-hybridized carbons (Fsp3) is 0.0833. The summed E-state index contributed by atoms with van der Waals surface area (Å²) in [6.45, 7) is 1.60. The number of carboxylic acids is 1. The van der Waals surface area contributed by atoms with Crippen LogP contribution in [0.2, 0.25) is 0 Å². The van der Waals surface area contributed by atoms with Crippen LogP contribution < -0.4 is 4.74 Å². The van der Waals surface area contributed by atoms with Gasteiger partial charge >= 0.3 is 11.7 Å². The number of nitro benzene ring substituents is 1. The summed E-state index contributed by atoms with van der Waals surface area (Å²) in [6.07, 6.45) is 2.43. The minimum atomic E-state index is -1.34. The Bertz CT molecular complexity index is 735. The molecule has 2 aromatic rings. The van der Waals surface area contributed by atoms with E-state index in [4.69, 9.17) is 9.84 Å². The van der Waals surface area contributed by atoms with Crippen LogP contribution >= 0.6 is 15.9 Å². The van der Waals surface area contributed by atoms with E-state index < -0.39 is 16.6 Å². The second kappa shape index (κ2) is 5.83. The van der Waals surface area contributed by atoms with Crippen LogP contribution in [0.4, 0.5) is 5.69 Å². The third kappa shape index (κ3) is 3.14. The highest BCUT2D eigenvalue weighted by Crippen LogP contribution is 2.37. The Labute approximate surface area is 126 Å². The van der Waals surface area contributed by atoms with E-state index in [0.29, 0.717) is 10.0 Å². The average molecular weight is 354 g/mol. The number of rotatable bonds is 4. The van der Waals surface area contributed by atoms with E-state index in [1.54, 1.807) is 13.0 Å². The molecule has 21 heavy (non-hydrogen) atoms. The molecular formula is C12H8BrN3O5. The van der Waals surface area contributed by atoms with Gasteiger partial charge in [0.05, 0.1) is 4.92 Å². The maximum atomic E-state index is 11.1. The largest absolute Gasteiger partial charge is 0.476 e. The monoisotopic (exact) mass is 353 g/mol. The molecule has 8 nitrogen and oxygen atoms in total. The number of ether oxygens (including phenoxy) is 1. The quantitative estimate of drug-likeness (QED) is 0.663. The molecule has 0 unspecified atom stereocenters. The number of hydrogen-bond acceptors (Lipinski definition) is 6. The summed E-state index contributed by atoms with van der Waals surface area (Å²) in [5.41, 5.74) is -0.268. The zero-order valence-electron chi connectivity index (χ0n) is 10.6. The van der Waals surface area contributed by atoms with Crippen LogP contribution in [-0.2, 0) is 0 Å². The fourth-order valence-corrected chi connectivity index (χ4v) is 2.18. The van der Waals surface area contributed by atoms with Gasteiger partial charge < -0.3 is 9.84 Å². The first-order valence-electron chi connectivity index (χ1n) is 5.57. The van der Waals surface area contributed by atoms with Crippen LogP contribution in [0.1, 0.15) is 16.1 Å². The summed E-state index contributed by atoms with van der Waals surface area (Å²) in [6, 6.07) is 2.87. The van der Waals surface area contributed by atoms with Gasteiger partial charge in [-0.05, 0) is 13.0 Å². The fourth-order valence-electron chi connectivity index (χ4n) is 1.62. The van der Waals surface area contributed by atoms with Crippen LogP contribution in [0.15, 0.2) is 29.0 Å². The van der Waals surface area contributed by atoms with Gasteiger partial charge in [0.1, 0.15) is 0 Å². The topological polar surface area (TPSA) is 115 Å². The number of nitro groups is 1. The predicted octanol–water partition coefficient (Wildman–Crippen LogP) is 2.95. The summed E-state index contributed by atoms with van der Waals surface area (Å²) < 4.78 is 5.84. The van der Waals surface area contributed by atoms with Gasteiger partial charge in [-0.1, -0.05) is 15.9 Å². The lowest BCUT2D eigenvalue weighted by Crippen LogP contribution is -2.06. The number of carbonyl (C=O) groups is 1. The number of nitrogens with zero attached hydrogens (tertiary/aromatic N) is 3. The Morgan fingerprint density at radius 3 is 2.67 bits per heavy atom. The number of aromatic carboxylic acids is 1. The molecule has 0 saturated heterocycles. The molecule has 0 atom stereocenters. The van der Waals surface area contributed by atoms with Crippen molar-refractivity contribution in [2.24, 2.45) is 0 Å². The third-order valence-corrected chi connectivity index (χ3v) is 2.94. The molecule has 0 amide bonds. The van der Waals surface area contributed by atoms with Crippen LogP contribution in [0, 0.1) is 17.0 Å². The Morgan fingerprint density at radius 2 is 2.05 bits per heavy atom. The van der Waals surface area contributed by atoms with Gasteiger partial charge in [-0.15, -0.1) is 0 Å². The molecule has 0 aliphatic carbocycles. The zero-order valence-corrected chi connectivity index (χ0v) is 12.2. The predicted molar refractivity (Wildman–Crippen MR) is 74.6 cm³/mol. The molecule has 9 heteroatoms. The van der Waals surface area contributed by atoms with Gasteiger partial charge in [-0.3, -0.25) is 10.1 Å². The summed E-state index contributed by atoms with van der Waals surface area (Å²) in [7, 11) is 0. The molecule has 0 aliphatic heterocycles. The van der Waals surface area contributed by atoms with Crippen molar-refractivity contribution in [3.05, 3.63) is 50.4 Å². The maximum Gasteiger partial charge on any atom is 0.360 e. The first kappa shape index (κ1) is 14.9. The maximum absolute atomic E-state index is 11.1. The van der Waals surface area contributed by atoms with Crippen molar-refractivity contribution >= 4 is 27.6 Å². The Kier molecular flexibility index (Phi) is 4.13. The number of carboxylic acid groups (broad SMARTS) is 1. The van der Waals surface area contributed by atoms with E-state index >= 15 is 0 Å². The van der Waals surface area contributed by atoms with E-state index in [-0.39, 0.29) is 17.3 Å². The number of aryl methyl sites for hydroxylation is 1. The minimum absolute atomic E-state index is 0.0776. The van der Waals surface area contributed by atoms with Crippen molar-refractivity contribution in [2.45, 2.75) is 6.92 Å². The highest BCUT2D eigenvalue weighted by atomic mass is 79.9. The van der Waals surface area contributed by atoms with Crippen molar-refractivity contribution in [2.75, 3.05) is 0 Å². The Balaban J connectivity index is 2.55. The highest BCUT2D eigenvalue weighted by Gasteiger charge is 2.23. The van der Waals surface area contributed by atoms with Gasteiger partial charge in [0, 0.05) is 28.5 Å². The number of halogens is 1. The molecular weight excluding hydrogens is 346 g/mol. The molecule has 1 N–H and O–H groups in total. The summed E-state index contributed by atoms with van der Waals surface area (Å²) in [5, 5.41) is 20.1. The first-order valence-corrected chi connectivity index (χ1v) is 6.36. The van der Waals surface area contributed by atoms with Crippen molar-refractivity contribution in [1.82, 2.24) is 9.97 Å². The molecule has 1 heterocycles. The lowest BCUT2D eigenvalue weighted by Gasteiger charge is -2.10. The van der Waals surface area contributed by atoms with Crippen LogP contribution in [0.5, 0.6) is 11.6 Å². The normalized spacial score (nSPS) is 10.2. The van der Waals surface area contributed by atoms with E-state index in [2.05, 4.69) is 25.9 Å². The smallest absolute Gasteiger partial charge is 0.360 e. The second-order valence-corrected chi connectivity index (χ2v) is 4.86. The summed E-state index contributed by atoms with van der Waals surface area (Å²) in [5.74, 6) is -1.72. The molecule has 0 fully saturated rings. The van der Waals surface area contributed by atoms with Crippen molar-refractivity contribution in [3.63, 3.8) is 0 Å².